The normalized spacial score (nSPS) is 14.5. The van der Waals surface area contributed by atoms with Crippen molar-refractivity contribution in [2.24, 2.45) is 0 Å². The molecular formula is C20H21N3O2S2. The summed E-state index contributed by atoms with van der Waals surface area (Å²) < 4.78 is 6.48. The predicted octanol–water partition coefficient (Wildman–Crippen LogP) is 4.25. The van der Waals surface area contributed by atoms with Crippen LogP contribution < -0.4 is 10.2 Å². The summed E-state index contributed by atoms with van der Waals surface area (Å²) in [5.41, 5.74) is 3.59. The average Bonchev–Trinajstić information content (AvgIpc) is 3.12. The lowest BCUT2D eigenvalue weighted by Gasteiger charge is -2.25. The summed E-state index contributed by atoms with van der Waals surface area (Å²) in [6, 6.07) is 13.7. The van der Waals surface area contributed by atoms with E-state index in [1.165, 1.54) is 0 Å². The molecule has 1 aliphatic heterocycles. The molecule has 1 fully saturated rings. The molecule has 7 heteroatoms. The molecule has 2 aromatic carbocycles. The van der Waals surface area contributed by atoms with Gasteiger partial charge in [0.25, 0.3) is 5.91 Å². The minimum absolute atomic E-state index is 0.0878. The molecule has 0 unspecified atom stereocenters. The van der Waals surface area contributed by atoms with Crippen LogP contribution in [0.15, 0.2) is 42.5 Å². The third-order valence-corrected chi connectivity index (χ3v) is 6.12. The minimum atomic E-state index is -0.0878. The molecule has 4 rings (SSSR count). The van der Waals surface area contributed by atoms with E-state index in [4.69, 9.17) is 9.72 Å². The van der Waals surface area contributed by atoms with Gasteiger partial charge in [-0.1, -0.05) is 23.5 Å². The number of amides is 1. The molecular weight excluding hydrogens is 378 g/mol. The zero-order valence-electron chi connectivity index (χ0n) is 15.1. The SMILES string of the molecule is CSCc1cccc(C(=O)Nc2ccc3nc(N4CCOCC4)sc3c2)c1. The Morgan fingerprint density at radius 3 is 2.93 bits per heavy atom. The molecule has 0 radical (unpaired) electrons. The molecule has 27 heavy (non-hydrogen) atoms. The lowest BCUT2D eigenvalue weighted by molar-refractivity contribution is 0.102. The van der Waals surface area contributed by atoms with Crippen molar-refractivity contribution in [3.05, 3.63) is 53.6 Å². The fourth-order valence-corrected chi connectivity index (χ4v) is 4.62. The van der Waals surface area contributed by atoms with Crippen LogP contribution in [0.3, 0.4) is 0 Å². The van der Waals surface area contributed by atoms with Crippen LogP contribution in [0.1, 0.15) is 15.9 Å². The van der Waals surface area contributed by atoms with Crippen LogP contribution in [0.5, 0.6) is 0 Å². The fraction of sp³-hybridized carbons (Fsp3) is 0.300. The van der Waals surface area contributed by atoms with Crippen molar-refractivity contribution in [1.82, 2.24) is 4.98 Å². The van der Waals surface area contributed by atoms with E-state index in [1.54, 1.807) is 23.1 Å². The zero-order valence-corrected chi connectivity index (χ0v) is 16.7. The van der Waals surface area contributed by atoms with Crippen LogP contribution >= 0.6 is 23.1 Å². The molecule has 1 aliphatic rings. The number of nitrogens with one attached hydrogen (secondary N) is 1. The number of anilines is 2. The lowest BCUT2D eigenvalue weighted by atomic mass is 10.1. The monoisotopic (exact) mass is 399 g/mol. The minimum Gasteiger partial charge on any atom is -0.378 e. The summed E-state index contributed by atoms with van der Waals surface area (Å²) in [5.74, 6) is 0.813. The van der Waals surface area contributed by atoms with Gasteiger partial charge in [0.2, 0.25) is 0 Å². The predicted molar refractivity (Wildman–Crippen MR) is 114 cm³/mol. The largest absolute Gasteiger partial charge is 0.378 e. The third-order valence-electron chi connectivity index (χ3n) is 4.42. The molecule has 3 aromatic rings. The van der Waals surface area contributed by atoms with Crippen molar-refractivity contribution in [2.45, 2.75) is 5.75 Å². The number of morpholine rings is 1. The molecule has 140 valence electrons. The van der Waals surface area contributed by atoms with E-state index >= 15 is 0 Å². The second kappa shape index (κ2) is 8.29. The van der Waals surface area contributed by atoms with E-state index in [0.717, 1.165) is 58.7 Å². The first-order chi connectivity index (χ1) is 13.2. The van der Waals surface area contributed by atoms with Crippen molar-refractivity contribution in [2.75, 3.05) is 42.8 Å². The standard InChI is InChI=1S/C20H21N3O2S2/c1-26-13-14-3-2-4-15(11-14)19(24)21-16-5-6-17-18(12-16)27-20(22-17)23-7-9-25-10-8-23/h2-6,11-12H,7-10,13H2,1H3,(H,21,24). The van der Waals surface area contributed by atoms with E-state index < -0.39 is 0 Å². The van der Waals surface area contributed by atoms with Gasteiger partial charge in [-0.05, 0) is 42.2 Å². The number of hydrogen-bond acceptors (Lipinski definition) is 6. The van der Waals surface area contributed by atoms with Gasteiger partial charge in [-0.3, -0.25) is 4.79 Å². The van der Waals surface area contributed by atoms with E-state index in [9.17, 15) is 4.79 Å². The Bertz CT molecular complexity index is 951. The smallest absolute Gasteiger partial charge is 0.255 e. The Kier molecular flexibility index (Phi) is 5.61. The molecule has 1 N–H and O–H groups in total. The first kappa shape index (κ1) is 18.3. The Hall–Kier alpha value is -2.09. The number of nitrogens with zero attached hydrogens (tertiary/aromatic N) is 2. The number of hydrogen-bond donors (Lipinski definition) is 1. The second-order valence-electron chi connectivity index (χ2n) is 6.37. The first-order valence-corrected chi connectivity index (χ1v) is 11.1. The molecule has 1 saturated heterocycles. The van der Waals surface area contributed by atoms with Gasteiger partial charge < -0.3 is 15.0 Å². The lowest BCUT2D eigenvalue weighted by Crippen LogP contribution is -2.36. The van der Waals surface area contributed by atoms with E-state index in [2.05, 4.69) is 16.5 Å². The van der Waals surface area contributed by atoms with Crippen LogP contribution in [0, 0.1) is 0 Å². The van der Waals surface area contributed by atoms with Crippen LogP contribution in [0.4, 0.5) is 10.8 Å². The highest BCUT2D eigenvalue weighted by Crippen LogP contribution is 2.31. The summed E-state index contributed by atoms with van der Waals surface area (Å²) in [4.78, 5) is 19.6. The molecule has 0 atom stereocenters. The van der Waals surface area contributed by atoms with Crippen LogP contribution in [0.25, 0.3) is 10.2 Å². The highest BCUT2D eigenvalue weighted by molar-refractivity contribution is 7.97. The Balaban J connectivity index is 1.51. The van der Waals surface area contributed by atoms with Gasteiger partial charge in [-0.15, -0.1) is 0 Å². The number of ether oxygens (including phenoxy) is 1. The Morgan fingerprint density at radius 2 is 2.11 bits per heavy atom. The number of benzene rings is 2. The van der Waals surface area contributed by atoms with Crippen LogP contribution in [0.2, 0.25) is 0 Å². The Morgan fingerprint density at radius 1 is 1.26 bits per heavy atom. The quantitative estimate of drug-likeness (QED) is 0.695. The van der Waals surface area contributed by atoms with Crippen molar-refractivity contribution < 1.29 is 9.53 Å². The van der Waals surface area contributed by atoms with E-state index in [-0.39, 0.29) is 5.91 Å². The van der Waals surface area contributed by atoms with Gasteiger partial charge in [0, 0.05) is 30.1 Å². The van der Waals surface area contributed by atoms with Crippen LogP contribution in [-0.4, -0.2) is 43.5 Å². The van der Waals surface area contributed by atoms with Gasteiger partial charge in [0.15, 0.2) is 5.13 Å². The second-order valence-corrected chi connectivity index (χ2v) is 8.24. The zero-order chi connectivity index (χ0) is 18.6. The highest BCUT2D eigenvalue weighted by atomic mass is 32.2. The highest BCUT2D eigenvalue weighted by Gasteiger charge is 2.16. The number of rotatable bonds is 5. The summed E-state index contributed by atoms with van der Waals surface area (Å²) in [6.45, 7) is 3.23. The molecule has 1 amide bonds. The maximum Gasteiger partial charge on any atom is 0.255 e. The summed E-state index contributed by atoms with van der Waals surface area (Å²) in [5, 5.41) is 4.02. The van der Waals surface area contributed by atoms with Gasteiger partial charge in [0.05, 0.1) is 23.4 Å². The number of thioether (sulfide) groups is 1. The number of fused-ring (bicyclic) bond motifs is 1. The molecule has 0 saturated carbocycles. The fourth-order valence-electron chi connectivity index (χ4n) is 3.05. The average molecular weight is 400 g/mol. The molecule has 2 heterocycles. The van der Waals surface area contributed by atoms with Gasteiger partial charge in [0.1, 0.15) is 0 Å². The third kappa shape index (κ3) is 4.26. The topological polar surface area (TPSA) is 54.5 Å². The molecule has 1 aromatic heterocycles. The molecule has 5 nitrogen and oxygen atoms in total. The number of carbonyl (C=O) groups is 1. The maximum atomic E-state index is 12.6. The first-order valence-electron chi connectivity index (χ1n) is 8.85. The summed E-state index contributed by atoms with van der Waals surface area (Å²) >= 11 is 3.40. The van der Waals surface area contributed by atoms with E-state index in [1.807, 2.05) is 42.5 Å². The number of carbonyl (C=O) groups excluding carboxylic acids is 1. The Labute approximate surface area is 166 Å². The van der Waals surface area contributed by atoms with Gasteiger partial charge in [-0.25, -0.2) is 4.98 Å². The van der Waals surface area contributed by atoms with Crippen LogP contribution in [-0.2, 0) is 10.5 Å². The van der Waals surface area contributed by atoms with Crippen molar-refractivity contribution in [3.63, 3.8) is 0 Å². The molecule has 0 spiro atoms. The summed E-state index contributed by atoms with van der Waals surface area (Å²) in [6.07, 6.45) is 2.06. The van der Waals surface area contributed by atoms with Crippen molar-refractivity contribution >= 4 is 50.0 Å². The van der Waals surface area contributed by atoms with Crippen molar-refractivity contribution in [1.29, 1.82) is 0 Å². The number of aromatic nitrogens is 1. The summed E-state index contributed by atoms with van der Waals surface area (Å²) in [7, 11) is 0. The van der Waals surface area contributed by atoms with Crippen molar-refractivity contribution in [3.8, 4) is 0 Å². The maximum absolute atomic E-state index is 12.6. The van der Waals surface area contributed by atoms with Gasteiger partial charge in [-0.2, -0.15) is 11.8 Å². The molecule has 0 aliphatic carbocycles. The molecule has 0 bridgehead atoms. The van der Waals surface area contributed by atoms with E-state index in [0.29, 0.717) is 5.56 Å². The number of thiazole rings is 1. The van der Waals surface area contributed by atoms with Gasteiger partial charge >= 0.3 is 0 Å².